The Hall–Kier alpha value is -2.12. The molecule has 1 aromatic rings. The summed E-state index contributed by atoms with van der Waals surface area (Å²) < 4.78 is 11.0. The van der Waals surface area contributed by atoms with E-state index >= 15 is 0 Å². The van der Waals surface area contributed by atoms with Gasteiger partial charge in [-0.15, -0.1) is 0 Å². The van der Waals surface area contributed by atoms with Gasteiger partial charge in [0.15, 0.2) is 5.78 Å². The minimum atomic E-state index is -0.748. The molecule has 1 saturated heterocycles. The van der Waals surface area contributed by atoms with Gasteiger partial charge in [0.25, 0.3) is 0 Å². The maximum absolute atomic E-state index is 12.5. The van der Waals surface area contributed by atoms with Crippen molar-refractivity contribution in [3.63, 3.8) is 0 Å². The molecule has 0 amide bonds. The summed E-state index contributed by atoms with van der Waals surface area (Å²) in [5, 5.41) is 20.0. The minimum absolute atomic E-state index is 0.0364. The quantitative estimate of drug-likeness (QED) is 0.506. The number of hydrogen-bond donors (Lipinski definition) is 2. The first-order valence-electron chi connectivity index (χ1n) is 7.84. The van der Waals surface area contributed by atoms with Crippen LogP contribution in [0, 0.1) is 0 Å². The Morgan fingerprint density at radius 3 is 2.72 bits per heavy atom. The molecule has 6 nitrogen and oxygen atoms in total. The summed E-state index contributed by atoms with van der Waals surface area (Å²) in [6.07, 6.45) is 6.39. The zero-order valence-electron chi connectivity index (χ0n) is 13.4. The van der Waals surface area contributed by atoms with Crippen molar-refractivity contribution in [2.75, 3.05) is 0 Å². The third kappa shape index (κ3) is 3.93. The van der Waals surface area contributed by atoms with E-state index in [2.05, 4.69) is 15.9 Å². The molecule has 0 bridgehead atoms. The average molecular weight is 409 g/mol. The van der Waals surface area contributed by atoms with Crippen LogP contribution in [0.4, 0.5) is 0 Å². The first-order valence-corrected chi connectivity index (χ1v) is 8.63. The van der Waals surface area contributed by atoms with Gasteiger partial charge in [0.05, 0.1) is 10.6 Å². The van der Waals surface area contributed by atoms with Crippen LogP contribution in [-0.2, 0) is 20.7 Å². The van der Waals surface area contributed by atoms with Gasteiger partial charge < -0.3 is 19.7 Å². The van der Waals surface area contributed by atoms with Crippen LogP contribution in [0.5, 0.6) is 11.5 Å². The number of benzene rings is 1. The number of hydrogen-bond acceptors (Lipinski definition) is 6. The van der Waals surface area contributed by atoms with Crippen LogP contribution in [0.25, 0.3) is 0 Å². The van der Waals surface area contributed by atoms with Crippen molar-refractivity contribution in [2.45, 2.75) is 38.1 Å². The Morgan fingerprint density at radius 1 is 1.20 bits per heavy atom. The first kappa shape index (κ1) is 17.7. The highest BCUT2D eigenvalue weighted by Crippen LogP contribution is 2.38. The summed E-state index contributed by atoms with van der Waals surface area (Å²) in [7, 11) is 0. The first-order chi connectivity index (χ1) is 11.9. The van der Waals surface area contributed by atoms with Gasteiger partial charge in [0.2, 0.25) is 0 Å². The number of ketones is 1. The molecule has 2 N–H and O–H groups in total. The lowest BCUT2D eigenvalue weighted by Crippen LogP contribution is -2.19. The van der Waals surface area contributed by atoms with E-state index in [-0.39, 0.29) is 45.8 Å². The van der Waals surface area contributed by atoms with E-state index in [9.17, 15) is 19.8 Å². The molecule has 3 rings (SSSR count). The van der Waals surface area contributed by atoms with E-state index < -0.39 is 17.8 Å². The standard InChI is InChI=1S/C18H17BrO6/c1-9-6-15-14(25-15)5-3-2-4-10(20)7-11-16(18(23)24-9)12(21)8-13(22)17(11)19/h2-5,8-9,14-15,21-22H,6-7H2,1H3/t9-,14-,15-/m1/s1. The second-order valence-electron chi connectivity index (χ2n) is 6.06. The van der Waals surface area contributed by atoms with E-state index in [1.165, 1.54) is 6.08 Å². The third-order valence-electron chi connectivity index (χ3n) is 4.06. The topological polar surface area (TPSA) is 96.4 Å². The molecule has 2 heterocycles. The molecule has 2 aliphatic heterocycles. The van der Waals surface area contributed by atoms with Crippen LogP contribution in [0.15, 0.2) is 34.8 Å². The third-order valence-corrected chi connectivity index (χ3v) is 4.95. The van der Waals surface area contributed by atoms with Gasteiger partial charge in [-0.1, -0.05) is 18.2 Å². The van der Waals surface area contributed by atoms with Crippen LogP contribution >= 0.6 is 15.9 Å². The number of esters is 1. The van der Waals surface area contributed by atoms with E-state index in [4.69, 9.17) is 9.47 Å². The number of fused-ring (bicyclic) bond motifs is 2. The minimum Gasteiger partial charge on any atom is -0.507 e. The lowest BCUT2D eigenvalue weighted by atomic mass is 10.00. The van der Waals surface area contributed by atoms with Crippen molar-refractivity contribution in [1.82, 2.24) is 0 Å². The van der Waals surface area contributed by atoms with E-state index in [0.717, 1.165) is 6.07 Å². The number of rotatable bonds is 0. The predicted octanol–water partition coefficient (Wildman–Crippen LogP) is 2.80. The van der Waals surface area contributed by atoms with Crippen molar-refractivity contribution in [2.24, 2.45) is 0 Å². The number of allylic oxidation sites excluding steroid dienone is 3. The summed E-state index contributed by atoms with van der Waals surface area (Å²) in [5.74, 6) is -1.73. The number of halogens is 1. The van der Waals surface area contributed by atoms with Gasteiger partial charge in [0, 0.05) is 18.9 Å². The van der Waals surface area contributed by atoms with Crippen LogP contribution in [0.1, 0.15) is 29.3 Å². The van der Waals surface area contributed by atoms with Crippen LogP contribution < -0.4 is 0 Å². The number of carbonyl (C=O) groups is 2. The summed E-state index contributed by atoms with van der Waals surface area (Å²) >= 11 is 3.18. The van der Waals surface area contributed by atoms with E-state index in [0.29, 0.717) is 6.42 Å². The number of carbonyl (C=O) groups excluding carboxylic acids is 2. The molecular weight excluding hydrogens is 392 g/mol. The SMILES string of the molecule is C[C@@H]1C[C@H]2O[C@@H]2C=CC=CC(=O)Cc2c(Br)c(O)cc(O)c2C(=O)O1. The molecule has 0 spiro atoms. The van der Waals surface area contributed by atoms with Crippen molar-refractivity contribution in [3.05, 3.63) is 46.0 Å². The second kappa shape index (κ2) is 7.01. The second-order valence-corrected chi connectivity index (χ2v) is 6.85. The summed E-state index contributed by atoms with van der Waals surface area (Å²) in [6.45, 7) is 1.74. The highest BCUT2D eigenvalue weighted by molar-refractivity contribution is 9.10. The molecular formula is C18H17BrO6. The van der Waals surface area contributed by atoms with E-state index in [1.54, 1.807) is 19.1 Å². The maximum Gasteiger partial charge on any atom is 0.342 e. The number of phenols is 2. The van der Waals surface area contributed by atoms with Crippen molar-refractivity contribution in [1.29, 1.82) is 0 Å². The van der Waals surface area contributed by atoms with Gasteiger partial charge in [-0.25, -0.2) is 4.79 Å². The van der Waals surface area contributed by atoms with Gasteiger partial charge in [-0.05, 0) is 34.5 Å². The smallest absolute Gasteiger partial charge is 0.342 e. The zero-order valence-corrected chi connectivity index (χ0v) is 15.0. The largest absolute Gasteiger partial charge is 0.507 e. The lowest BCUT2D eigenvalue weighted by Gasteiger charge is -2.16. The fraction of sp³-hybridized carbons (Fsp3) is 0.333. The molecule has 3 atom stereocenters. The molecule has 1 aromatic carbocycles. The summed E-state index contributed by atoms with van der Waals surface area (Å²) in [4.78, 5) is 24.7. The molecule has 132 valence electrons. The Balaban J connectivity index is 2.01. The fourth-order valence-electron chi connectivity index (χ4n) is 2.78. The summed E-state index contributed by atoms with van der Waals surface area (Å²) in [5.41, 5.74) is 0.0603. The van der Waals surface area contributed by atoms with E-state index in [1.807, 2.05) is 6.08 Å². The van der Waals surface area contributed by atoms with Gasteiger partial charge in [-0.3, -0.25) is 4.79 Å². The Morgan fingerprint density at radius 2 is 1.96 bits per heavy atom. The van der Waals surface area contributed by atoms with Crippen molar-refractivity contribution < 1.29 is 29.3 Å². The van der Waals surface area contributed by atoms with Gasteiger partial charge in [-0.2, -0.15) is 0 Å². The zero-order chi connectivity index (χ0) is 18.1. The number of ether oxygens (including phenoxy) is 2. The number of epoxide rings is 1. The molecule has 0 aromatic heterocycles. The normalized spacial score (nSPS) is 26.4. The molecule has 7 heteroatoms. The lowest BCUT2D eigenvalue weighted by molar-refractivity contribution is -0.114. The number of cyclic esters (lactones) is 1. The van der Waals surface area contributed by atoms with Gasteiger partial charge in [0.1, 0.15) is 29.3 Å². The monoisotopic (exact) mass is 408 g/mol. The molecule has 0 aliphatic carbocycles. The Bertz CT molecular complexity index is 782. The number of phenolic OH excluding ortho intramolecular Hbond substituents is 2. The molecule has 1 fully saturated rings. The van der Waals surface area contributed by atoms with Crippen molar-refractivity contribution >= 4 is 27.7 Å². The molecule has 2 aliphatic rings. The highest BCUT2D eigenvalue weighted by atomic mass is 79.9. The van der Waals surface area contributed by atoms with Crippen molar-refractivity contribution in [3.8, 4) is 11.5 Å². The maximum atomic E-state index is 12.5. The summed E-state index contributed by atoms with van der Waals surface area (Å²) in [6, 6.07) is 1.04. The number of aromatic hydroxyl groups is 2. The van der Waals surface area contributed by atoms with Crippen LogP contribution in [0.3, 0.4) is 0 Å². The Labute approximate surface area is 152 Å². The predicted molar refractivity (Wildman–Crippen MR) is 92.6 cm³/mol. The molecule has 0 unspecified atom stereocenters. The van der Waals surface area contributed by atoms with Crippen LogP contribution in [0.2, 0.25) is 0 Å². The van der Waals surface area contributed by atoms with Crippen LogP contribution in [-0.4, -0.2) is 40.3 Å². The molecule has 0 saturated carbocycles. The highest BCUT2D eigenvalue weighted by Gasteiger charge is 2.38. The average Bonchev–Trinajstić information content (AvgIpc) is 3.25. The molecule has 0 radical (unpaired) electrons. The fourth-order valence-corrected chi connectivity index (χ4v) is 3.23. The Kier molecular flexibility index (Phi) is 4.96. The van der Waals surface area contributed by atoms with Gasteiger partial charge >= 0.3 is 5.97 Å². The molecule has 25 heavy (non-hydrogen) atoms.